The average Bonchev–Trinajstić information content (AvgIpc) is 2.33. The highest BCUT2D eigenvalue weighted by Crippen LogP contribution is 2.15. The van der Waals surface area contributed by atoms with Crippen molar-refractivity contribution in [3.63, 3.8) is 0 Å². The molecule has 2 N–H and O–H groups in total. The molecular weight excluding hydrogens is 239 g/mol. The number of aliphatic hydroxyl groups excluding tert-OH is 2. The summed E-state index contributed by atoms with van der Waals surface area (Å²) in [7, 11) is 0. The van der Waals surface area contributed by atoms with Crippen molar-refractivity contribution in [3.8, 4) is 11.8 Å². The van der Waals surface area contributed by atoms with E-state index in [1.165, 1.54) is 6.07 Å². The minimum Gasteiger partial charge on any atom is -0.396 e. The van der Waals surface area contributed by atoms with E-state index in [1.807, 2.05) is 0 Å². The van der Waals surface area contributed by atoms with E-state index in [2.05, 4.69) is 11.8 Å². The maximum Gasteiger partial charge on any atom is 0.138 e. The van der Waals surface area contributed by atoms with Crippen molar-refractivity contribution in [2.75, 3.05) is 19.0 Å². The van der Waals surface area contributed by atoms with Gasteiger partial charge in [-0.15, -0.1) is 0 Å². The molecule has 0 aromatic heterocycles. The van der Waals surface area contributed by atoms with E-state index >= 15 is 0 Å². The molecule has 0 heterocycles. The SMILES string of the molecule is OCCC#Cc1cc(CSCCO)ccc1F. The average molecular weight is 254 g/mol. The number of hydrogen-bond donors (Lipinski definition) is 2. The van der Waals surface area contributed by atoms with Crippen LogP contribution >= 0.6 is 11.8 Å². The van der Waals surface area contributed by atoms with Gasteiger partial charge in [0, 0.05) is 17.9 Å². The summed E-state index contributed by atoms with van der Waals surface area (Å²) >= 11 is 1.59. The molecule has 0 saturated heterocycles. The normalized spacial score (nSPS) is 9.82. The summed E-state index contributed by atoms with van der Waals surface area (Å²) in [5.41, 5.74) is 1.35. The number of thioether (sulfide) groups is 1. The fourth-order valence-corrected chi connectivity index (χ4v) is 1.91. The van der Waals surface area contributed by atoms with Crippen LogP contribution in [0.4, 0.5) is 4.39 Å². The van der Waals surface area contributed by atoms with E-state index in [-0.39, 0.29) is 19.0 Å². The van der Waals surface area contributed by atoms with Crippen molar-refractivity contribution < 1.29 is 14.6 Å². The third-order valence-corrected chi connectivity index (χ3v) is 3.00. The van der Waals surface area contributed by atoms with Crippen LogP contribution in [0, 0.1) is 17.7 Å². The van der Waals surface area contributed by atoms with Gasteiger partial charge < -0.3 is 10.2 Å². The summed E-state index contributed by atoms with van der Waals surface area (Å²) in [4.78, 5) is 0. The fraction of sp³-hybridized carbons (Fsp3) is 0.385. The van der Waals surface area contributed by atoms with Crippen LogP contribution in [-0.4, -0.2) is 29.2 Å². The molecule has 0 bridgehead atoms. The first kappa shape index (κ1) is 14.0. The first-order chi connectivity index (χ1) is 8.27. The molecule has 17 heavy (non-hydrogen) atoms. The van der Waals surface area contributed by atoms with Crippen LogP contribution in [0.25, 0.3) is 0 Å². The summed E-state index contributed by atoms with van der Waals surface area (Å²) in [5, 5.41) is 17.2. The zero-order valence-electron chi connectivity index (χ0n) is 9.45. The van der Waals surface area contributed by atoms with Crippen LogP contribution in [0.5, 0.6) is 0 Å². The summed E-state index contributed by atoms with van der Waals surface area (Å²) in [6.07, 6.45) is 0.350. The van der Waals surface area contributed by atoms with E-state index in [9.17, 15) is 4.39 Å². The second kappa shape index (κ2) is 8.13. The van der Waals surface area contributed by atoms with Gasteiger partial charge in [0.2, 0.25) is 0 Å². The molecule has 0 radical (unpaired) electrons. The van der Waals surface area contributed by atoms with E-state index < -0.39 is 0 Å². The quantitative estimate of drug-likeness (QED) is 0.621. The number of hydrogen-bond acceptors (Lipinski definition) is 3. The van der Waals surface area contributed by atoms with Crippen molar-refractivity contribution >= 4 is 11.8 Å². The van der Waals surface area contributed by atoms with Gasteiger partial charge in [-0.2, -0.15) is 11.8 Å². The molecule has 1 aromatic rings. The van der Waals surface area contributed by atoms with E-state index in [0.29, 0.717) is 17.7 Å². The molecule has 0 aliphatic heterocycles. The molecule has 0 aliphatic carbocycles. The second-order valence-electron chi connectivity index (χ2n) is 3.37. The van der Waals surface area contributed by atoms with Gasteiger partial charge in [-0.25, -0.2) is 4.39 Å². The van der Waals surface area contributed by atoms with E-state index in [1.54, 1.807) is 23.9 Å². The van der Waals surface area contributed by atoms with Crippen LogP contribution in [0.2, 0.25) is 0 Å². The second-order valence-corrected chi connectivity index (χ2v) is 4.47. The minimum atomic E-state index is -0.341. The summed E-state index contributed by atoms with van der Waals surface area (Å²) < 4.78 is 13.4. The lowest BCUT2D eigenvalue weighted by molar-refractivity contribution is 0.305. The van der Waals surface area contributed by atoms with E-state index in [0.717, 1.165) is 11.3 Å². The predicted molar refractivity (Wildman–Crippen MR) is 68.2 cm³/mol. The highest BCUT2D eigenvalue weighted by Gasteiger charge is 2.01. The molecule has 0 atom stereocenters. The molecule has 92 valence electrons. The van der Waals surface area contributed by atoms with Crippen molar-refractivity contribution in [2.24, 2.45) is 0 Å². The molecule has 2 nitrogen and oxygen atoms in total. The van der Waals surface area contributed by atoms with Gasteiger partial charge in [-0.3, -0.25) is 0 Å². The fourth-order valence-electron chi connectivity index (χ4n) is 1.23. The lowest BCUT2D eigenvalue weighted by Crippen LogP contribution is -1.91. The number of benzene rings is 1. The Hall–Kier alpha value is -1.02. The third-order valence-electron chi connectivity index (χ3n) is 1.99. The van der Waals surface area contributed by atoms with Gasteiger partial charge in [-0.1, -0.05) is 17.9 Å². The Bertz CT molecular complexity index is 410. The Morgan fingerprint density at radius 3 is 2.76 bits per heavy atom. The topological polar surface area (TPSA) is 40.5 Å². The zero-order chi connectivity index (χ0) is 12.5. The maximum atomic E-state index is 13.4. The van der Waals surface area contributed by atoms with Crippen LogP contribution in [0.3, 0.4) is 0 Å². The number of aliphatic hydroxyl groups is 2. The molecule has 0 spiro atoms. The first-order valence-corrected chi connectivity index (χ1v) is 6.50. The standard InChI is InChI=1S/C13H15FO2S/c14-13-5-4-11(10-17-8-7-16)9-12(13)3-1-2-6-15/h4-5,9,15-16H,2,6-8,10H2. The van der Waals surface area contributed by atoms with Crippen molar-refractivity contribution in [1.29, 1.82) is 0 Å². The summed E-state index contributed by atoms with van der Waals surface area (Å²) in [5.74, 6) is 6.46. The van der Waals surface area contributed by atoms with Crippen LogP contribution in [0.1, 0.15) is 17.5 Å². The maximum absolute atomic E-state index is 13.4. The molecule has 4 heteroatoms. The highest BCUT2D eigenvalue weighted by atomic mass is 32.2. The lowest BCUT2D eigenvalue weighted by Gasteiger charge is -2.02. The molecule has 0 unspecified atom stereocenters. The highest BCUT2D eigenvalue weighted by molar-refractivity contribution is 7.98. The van der Waals surface area contributed by atoms with Crippen LogP contribution in [-0.2, 0) is 5.75 Å². The predicted octanol–water partition coefficient (Wildman–Crippen LogP) is 1.79. The van der Waals surface area contributed by atoms with Gasteiger partial charge in [0.1, 0.15) is 5.82 Å². The van der Waals surface area contributed by atoms with Gasteiger partial charge in [-0.05, 0) is 17.7 Å². The minimum absolute atomic E-state index is 0.0132. The summed E-state index contributed by atoms with van der Waals surface area (Å²) in [6.45, 7) is 0.135. The van der Waals surface area contributed by atoms with Gasteiger partial charge in [0.15, 0.2) is 0 Å². The molecule has 0 aliphatic rings. The van der Waals surface area contributed by atoms with Gasteiger partial charge in [0.25, 0.3) is 0 Å². The molecule has 0 fully saturated rings. The Balaban J connectivity index is 2.70. The van der Waals surface area contributed by atoms with E-state index in [4.69, 9.17) is 10.2 Å². The molecule has 0 amide bonds. The zero-order valence-corrected chi connectivity index (χ0v) is 10.3. The Morgan fingerprint density at radius 2 is 2.06 bits per heavy atom. The molecule has 0 saturated carbocycles. The van der Waals surface area contributed by atoms with Crippen molar-refractivity contribution in [3.05, 3.63) is 35.1 Å². The van der Waals surface area contributed by atoms with Gasteiger partial charge >= 0.3 is 0 Å². The Morgan fingerprint density at radius 1 is 1.24 bits per heavy atom. The van der Waals surface area contributed by atoms with Crippen molar-refractivity contribution in [1.82, 2.24) is 0 Å². The first-order valence-electron chi connectivity index (χ1n) is 5.34. The van der Waals surface area contributed by atoms with Crippen LogP contribution < -0.4 is 0 Å². The summed E-state index contributed by atoms with van der Waals surface area (Å²) in [6, 6.07) is 4.83. The van der Waals surface area contributed by atoms with Crippen LogP contribution in [0.15, 0.2) is 18.2 Å². The molecule has 1 rings (SSSR count). The third kappa shape index (κ3) is 5.22. The Kier molecular flexibility index (Phi) is 6.71. The number of rotatable bonds is 5. The number of halogens is 1. The largest absolute Gasteiger partial charge is 0.396 e. The Labute approximate surface area is 105 Å². The van der Waals surface area contributed by atoms with Gasteiger partial charge in [0.05, 0.1) is 18.8 Å². The monoisotopic (exact) mass is 254 g/mol. The lowest BCUT2D eigenvalue weighted by atomic mass is 10.1. The van der Waals surface area contributed by atoms with Crippen molar-refractivity contribution in [2.45, 2.75) is 12.2 Å². The molecule has 1 aromatic carbocycles. The molecular formula is C13H15FO2S. The smallest absolute Gasteiger partial charge is 0.138 e.